The molecule has 0 bridgehead atoms. The van der Waals surface area contributed by atoms with E-state index in [-0.39, 0.29) is 50.1 Å². The standard InChI is InChI=1S/C31H37N5O7/c1-5-42-31(41)36-28(32)21-6-8-23(9-7-21)35-30(40)25-12-19(4)15-33-29(25)34-16-22-13-20(17-37)14-26(43-18(2)3)24(22)10-11-27(38)39/h6-9,12-15,18,37H,5,10-11,16-17H2,1-4H3,(H,33,34)(H,35,40)(H,38,39)(H2,32,36,41). The highest BCUT2D eigenvalue weighted by Crippen LogP contribution is 2.29. The smallest absolute Gasteiger partial charge is 0.412 e. The number of aliphatic carboxylic acids is 1. The minimum absolute atomic E-state index is 0.104. The van der Waals surface area contributed by atoms with Crippen LogP contribution in [-0.2, 0) is 29.1 Å². The van der Waals surface area contributed by atoms with Gasteiger partial charge in [-0.1, -0.05) is 6.07 Å². The number of aryl methyl sites for hydroxylation is 1. The van der Waals surface area contributed by atoms with Gasteiger partial charge in [-0.25, -0.2) is 9.78 Å². The molecule has 2 amide bonds. The monoisotopic (exact) mass is 591 g/mol. The van der Waals surface area contributed by atoms with Crippen molar-refractivity contribution in [3.05, 3.63) is 82.0 Å². The number of carboxylic acids is 1. The Morgan fingerprint density at radius 3 is 2.44 bits per heavy atom. The molecule has 3 rings (SSSR count). The number of nitrogens with zero attached hydrogens (tertiary/aromatic N) is 1. The van der Waals surface area contributed by atoms with Crippen LogP contribution in [0.25, 0.3) is 0 Å². The number of amidine groups is 1. The third-order valence-corrected chi connectivity index (χ3v) is 6.14. The second-order valence-corrected chi connectivity index (χ2v) is 9.96. The molecular weight excluding hydrogens is 554 g/mol. The average Bonchev–Trinajstić information content (AvgIpc) is 2.95. The molecule has 0 saturated carbocycles. The lowest BCUT2D eigenvalue weighted by Crippen LogP contribution is -2.31. The first-order valence-electron chi connectivity index (χ1n) is 13.8. The van der Waals surface area contributed by atoms with Crippen molar-refractivity contribution < 1.29 is 34.1 Å². The van der Waals surface area contributed by atoms with Crippen LogP contribution in [0, 0.1) is 12.3 Å². The summed E-state index contributed by atoms with van der Waals surface area (Å²) in [5.74, 6) is -0.695. The predicted octanol–water partition coefficient (Wildman–Crippen LogP) is 4.62. The minimum atomic E-state index is -0.945. The van der Waals surface area contributed by atoms with E-state index in [0.29, 0.717) is 39.5 Å². The van der Waals surface area contributed by atoms with E-state index in [2.05, 4.69) is 20.9 Å². The van der Waals surface area contributed by atoms with Crippen LogP contribution in [0.5, 0.6) is 5.75 Å². The number of amides is 2. The van der Waals surface area contributed by atoms with E-state index in [9.17, 15) is 24.6 Å². The molecule has 0 radical (unpaired) electrons. The van der Waals surface area contributed by atoms with Crippen molar-refractivity contribution in [2.24, 2.45) is 0 Å². The number of benzene rings is 2. The Balaban J connectivity index is 1.82. The lowest BCUT2D eigenvalue weighted by Gasteiger charge is -2.20. The van der Waals surface area contributed by atoms with Crippen LogP contribution in [0.3, 0.4) is 0 Å². The van der Waals surface area contributed by atoms with Gasteiger partial charge in [0.1, 0.15) is 17.4 Å². The molecular formula is C31H37N5O7. The van der Waals surface area contributed by atoms with E-state index in [1.54, 1.807) is 55.6 Å². The van der Waals surface area contributed by atoms with Crippen molar-refractivity contribution >= 4 is 35.3 Å². The summed E-state index contributed by atoms with van der Waals surface area (Å²) in [6.45, 7) is 7.36. The highest BCUT2D eigenvalue weighted by atomic mass is 16.5. The van der Waals surface area contributed by atoms with E-state index < -0.39 is 18.0 Å². The van der Waals surface area contributed by atoms with Gasteiger partial charge >= 0.3 is 12.1 Å². The van der Waals surface area contributed by atoms with Gasteiger partial charge in [0.2, 0.25) is 0 Å². The van der Waals surface area contributed by atoms with Crippen molar-refractivity contribution in [1.82, 2.24) is 10.3 Å². The maximum absolute atomic E-state index is 13.3. The van der Waals surface area contributed by atoms with Gasteiger partial charge in [-0.2, -0.15) is 0 Å². The molecule has 12 nitrogen and oxygen atoms in total. The third-order valence-electron chi connectivity index (χ3n) is 6.14. The number of carboxylic acid groups (broad SMARTS) is 1. The molecule has 0 unspecified atom stereocenters. The van der Waals surface area contributed by atoms with Gasteiger partial charge in [0, 0.05) is 30.4 Å². The Kier molecular flexibility index (Phi) is 11.6. The van der Waals surface area contributed by atoms with Gasteiger partial charge in [0.25, 0.3) is 5.91 Å². The number of nitrogens with one attached hydrogen (secondary N) is 4. The van der Waals surface area contributed by atoms with E-state index >= 15 is 0 Å². The molecule has 0 spiro atoms. The summed E-state index contributed by atoms with van der Waals surface area (Å²) in [6, 6.07) is 11.6. The largest absolute Gasteiger partial charge is 0.491 e. The van der Waals surface area contributed by atoms with Crippen molar-refractivity contribution in [2.45, 2.75) is 59.8 Å². The van der Waals surface area contributed by atoms with Crippen molar-refractivity contribution in [1.29, 1.82) is 5.41 Å². The Labute approximate surface area is 250 Å². The number of alkyl carbamates (subject to hydrolysis) is 1. The number of rotatable bonds is 13. The highest BCUT2D eigenvalue weighted by Gasteiger charge is 2.18. The third kappa shape index (κ3) is 9.54. The SMILES string of the molecule is CCOC(=O)NC(=N)c1ccc(NC(=O)c2cc(C)cnc2NCc2cc(CO)cc(OC(C)C)c2CCC(=O)O)cc1. The molecule has 1 aromatic heterocycles. The number of carbonyl (C=O) groups excluding carboxylic acids is 2. The van der Waals surface area contributed by atoms with Crippen LogP contribution < -0.4 is 20.7 Å². The van der Waals surface area contributed by atoms with E-state index in [1.807, 2.05) is 20.8 Å². The molecule has 1 heterocycles. The summed E-state index contributed by atoms with van der Waals surface area (Å²) in [5.41, 5.74) is 3.96. The summed E-state index contributed by atoms with van der Waals surface area (Å²) in [6.07, 6.45) is 0.850. The molecule has 43 heavy (non-hydrogen) atoms. The van der Waals surface area contributed by atoms with Crippen molar-refractivity contribution in [2.75, 3.05) is 17.2 Å². The quantitative estimate of drug-likeness (QED) is 0.122. The fourth-order valence-electron chi connectivity index (χ4n) is 4.21. The number of hydrogen-bond acceptors (Lipinski definition) is 9. The topological polar surface area (TPSA) is 183 Å². The molecule has 2 aromatic carbocycles. The summed E-state index contributed by atoms with van der Waals surface area (Å²) >= 11 is 0. The highest BCUT2D eigenvalue weighted by molar-refractivity contribution is 6.08. The lowest BCUT2D eigenvalue weighted by molar-refractivity contribution is -0.136. The molecule has 6 N–H and O–H groups in total. The number of hydrogen-bond donors (Lipinski definition) is 6. The summed E-state index contributed by atoms with van der Waals surface area (Å²) in [5, 5.41) is 35.5. The van der Waals surface area contributed by atoms with Gasteiger partial charge in [0.05, 0.1) is 24.9 Å². The number of carbonyl (C=O) groups is 3. The second kappa shape index (κ2) is 15.3. The molecule has 0 aliphatic carbocycles. The molecule has 3 aromatic rings. The first-order chi connectivity index (χ1) is 20.5. The zero-order chi connectivity index (χ0) is 31.5. The second-order valence-electron chi connectivity index (χ2n) is 9.96. The molecule has 0 atom stereocenters. The number of aliphatic hydroxyl groups excluding tert-OH is 1. The van der Waals surface area contributed by atoms with Crippen LogP contribution in [0.15, 0.2) is 48.7 Å². The molecule has 0 fully saturated rings. The normalized spacial score (nSPS) is 10.7. The van der Waals surface area contributed by atoms with Gasteiger partial charge in [-0.15, -0.1) is 0 Å². The van der Waals surface area contributed by atoms with Gasteiger partial charge in [-0.3, -0.25) is 20.3 Å². The maximum atomic E-state index is 13.3. The van der Waals surface area contributed by atoms with E-state index in [1.165, 1.54) is 0 Å². The maximum Gasteiger partial charge on any atom is 0.412 e. The first-order valence-corrected chi connectivity index (χ1v) is 13.8. The fourth-order valence-corrected chi connectivity index (χ4v) is 4.21. The van der Waals surface area contributed by atoms with E-state index in [0.717, 1.165) is 5.56 Å². The number of aromatic nitrogens is 1. The van der Waals surface area contributed by atoms with Gasteiger partial charge in [-0.05, 0) is 92.8 Å². The Hall–Kier alpha value is -4.97. The Bertz CT molecular complexity index is 1470. The van der Waals surface area contributed by atoms with Crippen LogP contribution in [0.2, 0.25) is 0 Å². The lowest BCUT2D eigenvalue weighted by atomic mass is 9.98. The number of aliphatic hydroxyl groups is 1. The first kappa shape index (κ1) is 32.5. The van der Waals surface area contributed by atoms with Crippen LogP contribution in [-0.4, -0.2) is 51.7 Å². The zero-order valence-electron chi connectivity index (χ0n) is 24.6. The molecule has 0 aliphatic heterocycles. The number of pyridine rings is 1. The number of ether oxygens (including phenoxy) is 2. The predicted molar refractivity (Wildman–Crippen MR) is 162 cm³/mol. The van der Waals surface area contributed by atoms with Crippen LogP contribution >= 0.6 is 0 Å². The summed E-state index contributed by atoms with van der Waals surface area (Å²) in [7, 11) is 0. The molecule has 0 saturated heterocycles. The van der Waals surface area contributed by atoms with E-state index in [4.69, 9.17) is 14.9 Å². The minimum Gasteiger partial charge on any atom is -0.491 e. The molecule has 12 heteroatoms. The van der Waals surface area contributed by atoms with Crippen LogP contribution in [0.4, 0.5) is 16.3 Å². The fraction of sp³-hybridized carbons (Fsp3) is 0.323. The Morgan fingerprint density at radius 2 is 1.81 bits per heavy atom. The van der Waals surface area contributed by atoms with Crippen molar-refractivity contribution in [3.63, 3.8) is 0 Å². The molecule has 0 aliphatic rings. The summed E-state index contributed by atoms with van der Waals surface area (Å²) < 4.78 is 10.7. The average molecular weight is 592 g/mol. The van der Waals surface area contributed by atoms with Crippen LogP contribution in [0.1, 0.15) is 65.4 Å². The zero-order valence-corrected chi connectivity index (χ0v) is 24.6. The van der Waals surface area contributed by atoms with Gasteiger partial charge in [0.15, 0.2) is 0 Å². The summed E-state index contributed by atoms with van der Waals surface area (Å²) in [4.78, 5) is 40.7. The molecule has 228 valence electrons. The Morgan fingerprint density at radius 1 is 1.09 bits per heavy atom. The van der Waals surface area contributed by atoms with Gasteiger partial charge < -0.3 is 30.3 Å². The van der Waals surface area contributed by atoms with Crippen molar-refractivity contribution in [3.8, 4) is 5.75 Å². The number of anilines is 2.